The summed E-state index contributed by atoms with van der Waals surface area (Å²) in [6, 6.07) is -0.0896. The topological polar surface area (TPSA) is 75.1 Å². The molecule has 1 amide bonds. The molecule has 28 heavy (non-hydrogen) atoms. The van der Waals surface area contributed by atoms with Crippen molar-refractivity contribution in [3.8, 4) is 0 Å². The second-order valence-corrected chi connectivity index (χ2v) is 9.11. The quantitative estimate of drug-likeness (QED) is 0.807. The normalized spacial score (nSPS) is 24.0. The van der Waals surface area contributed by atoms with Gasteiger partial charge in [-0.15, -0.1) is 10.2 Å². The van der Waals surface area contributed by atoms with Crippen molar-refractivity contribution in [2.24, 2.45) is 5.92 Å². The lowest BCUT2D eigenvalue weighted by Crippen LogP contribution is -2.59. The van der Waals surface area contributed by atoms with E-state index in [4.69, 9.17) is 0 Å². The van der Waals surface area contributed by atoms with Crippen molar-refractivity contribution in [1.29, 1.82) is 0 Å². The first-order valence-electron chi connectivity index (χ1n) is 11.3. The van der Waals surface area contributed by atoms with E-state index >= 15 is 0 Å². The van der Waals surface area contributed by atoms with Gasteiger partial charge in [0, 0.05) is 26.1 Å². The molecule has 4 rings (SSSR count). The van der Waals surface area contributed by atoms with E-state index in [1.807, 2.05) is 0 Å². The second kappa shape index (κ2) is 8.49. The molecule has 7 heteroatoms. The van der Waals surface area contributed by atoms with Crippen LogP contribution in [0.2, 0.25) is 0 Å². The molecule has 1 aromatic rings. The molecule has 1 aliphatic carbocycles. The zero-order valence-electron chi connectivity index (χ0n) is 17.5. The van der Waals surface area contributed by atoms with Crippen LogP contribution < -0.4 is 10.6 Å². The van der Waals surface area contributed by atoms with E-state index in [0.29, 0.717) is 0 Å². The number of rotatable bonds is 5. The molecule has 0 unspecified atom stereocenters. The minimum atomic E-state index is -0.314. The van der Waals surface area contributed by atoms with Crippen molar-refractivity contribution in [3.05, 3.63) is 11.6 Å². The van der Waals surface area contributed by atoms with Gasteiger partial charge in [-0.05, 0) is 44.7 Å². The maximum absolute atomic E-state index is 13.7. The molecule has 156 valence electrons. The third-order valence-corrected chi connectivity index (χ3v) is 6.94. The summed E-state index contributed by atoms with van der Waals surface area (Å²) >= 11 is 0. The van der Waals surface area contributed by atoms with Gasteiger partial charge in [0.1, 0.15) is 11.4 Å². The highest BCUT2D eigenvalue weighted by Gasteiger charge is 2.46. The monoisotopic (exact) mass is 388 g/mol. The molecule has 2 N–H and O–H groups in total. The maximum atomic E-state index is 13.7. The van der Waals surface area contributed by atoms with E-state index in [0.717, 1.165) is 76.5 Å². The van der Waals surface area contributed by atoms with Crippen molar-refractivity contribution < 1.29 is 4.79 Å². The molecule has 0 radical (unpaired) electrons. The zero-order valence-corrected chi connectivity index (χ0v) is 17.5. The molecule has 1 saturated carbocycles. The summed E-state index contributed by atoms with van der Waals surface area (Å²) in [5.41, 5.74) is -0.314. The van der Waals surface area contributed by atoms with Crippen LogP contribution in [0.4, 0.5) is 0 Å². The van der Waals surface area contributed by atoms with Gasteiger partial charge in [0.05, 0.1) is 6.04 Å². The van der Waals surface area contributed by atoms with Crippen LogP contribution in [-0.2, 0) is 17.8 Å². The maximum Gasteiger partial charge on any atom is 0.241 e. The lowest BCUT2D eigenvalue weighted by Gasteiger charge is -2.44. The Hall–Kier alpha value is -1.47. The van der Waals surface area contributed by atoms with Crippen LogP contribution in [0.5, 0.6) is 0 Å². The molecule has 1 aromatic heterocycles. The fourth-order valence-electron chi connectivity index (χ4n) is 5.30. The van der Waals surface area contributed by atoms with Crippen LogP contribution in [0, 0.1) is 5.92 Å². The predicted molar refractivity (Wildman–Crippen MR) is 109 cm³/mol. The Balaban J connectivity index is 1.59. The molecule has 1 atom stereocenters. The minimum Gasteiger partial charge on any atom is -0.344 e. The summed E-state index contributed by atoms with van der Waals surface area (Å²) < 4.78 is 2.23. The van der Waals surface area contributed by atoms with Crippen molar-refractivity contribution in [2.75, 3.05) is 26.2 Å². The molecule has 3 heterocycles. The number of likely N-dealkylation sites (tertiary alicyclic amines) is 1. The zero-order chi connectivity index (χ0) is 19.6. The van der Waals surface area contributed by atoms with E-state index in [-0.39, 0.29) is 23.4 Å². The summed E-state index contributed by atoms with van der Waals surface area (Å²) in [5, 5.41) is 15.9. The SMILES string of the molecule is CC(C)[C@@H](NC(=O)C1(N2CCCC2)CCCCC1)c1nnc2n1CCNCC2. The standard InChI is InChI=1S/C21H36N6O/c1-16(2)18(19-25-24-17-8-11-22-12-15-27(17)19)23-20(28)21(9-4-3-5-10-21)26-13-6-7-14-26/h16,18,22H,3-15H2,1-2H3,(H,23,28)/t18-/m1/s1. The van der Waals surface area contributed by atoms with Crippen LogP contribution in [-0.4, -0.2) is 57.3 Å². The number of amides is 1. The Morgan fingerprint density at radius 2 is 1.79 bits per heavy atom. The number of nitrogens with zero attached hydrogens (tertiary/aromatic N) is 4. The first kappa shape index (κ1) is 19.8. The number of nitrogens with one attached hydrogen (secondary N) is 2. The first-order valence-corrected chi connectivity index (χ1v) is 11.3. The van der Waals surface area contributed by atoms with Crippen LogP contribution in [0.3, 0.4) is 0 Å². The Kier molecular flexibility index (Phi) is 6.01. The molecule has 2 aliphatic heterocycles. The summed E-state index contributed by atoms with van der Waals surface area (Å²) in [7, 11) is 0. The second-order valence-electron chi connectivity index (χ2n) is 9.11. The average Bonchev–Trinajstić information content (AvgIpc) is 3.32. The molecule has 7 nitrogen and oxygen atoms in total. The molecule has 0 spiro atoms. The van der Waals surface area contributed by atoms with E-state index < -0.39 is 0 Å². The third-order valence-electron chi connectivity index (χ3n) is 6.94. The van der Waals surface area contributed by atoms with Crippen molar-refractivity contribution in [3.63, 3.8) is 0 Å². The number of carbonyl (C=O) groups is 1. The van der Waals surface area contributed by atoms with Gasteiger partial charge in [-0.3, -0.25) is 9.69 Å². The van der Waals surface area contributed by atoms with Crippen molar-refractivity contribution >= 4 is 5.91 Å². The Bertz CT molecular complexity index is 672. The fourth-order valence-corrected chi connectivity index (χ4v) is 5.30. The summed E-state index contributed by atoms with van der Waals surface area (Å²) in [6.07, 6.45) is 8.87. The van der Waals surface area contributed by atoms with Gasteiger partial charge in [-0.25, -0.2) is 0 Å². The lowest BCUT2D eigenvalue weighted by atomic mass is 9.79. The van der Waals surface area contributed by atoms with Crippen molar-refractivity contribution in [1.82, 2.24) is 30.3 Å². The molecule has 1 saturated heterocycles. The summed E-state index contributed by atoms with van der Waals surface area (Å²) in [5.74, 6) is 2.45. The smallest absolute Gasteiger partial charge is 0.241 e. The lowest BCUT2D eigenvalue weighted by molar-refractivity contribution is -0.136. The Labute approximate surface area is 168 Å². The largest absolute Gasteiger partial charge is 0.344 e. The molecule has 0 bridgehead atoms. The number of aromatic nitrogens is 3. The molecule has 0 aromatic carbocycles. The molecule has 3 aliphatic rings. The minimum absolute atomic E-state index is 0.0896. The number of carbonyl (C=O) groups excluding carboxylic acids is 1. The van der Waals surface area contributed by atoms with E-state index in [1.165, 1.54) is 19.3 Å². The summed E-state index contributed by atoms with van der Waals surface area (Å²) in [4.78, 5) is 16.2. The number of hydrogen-bond donors (Lipinski definition) is 2. The van der Waals surface area contributed by atoms with E-state index in [9.17, 15) is 4.79 Å². The van der Waals surface area contributed by atoms with Gasteiger partial charge >= 0.3 is 0 Å². The van der Waals surface area contributed by atoms with Gasteiger partial charge in [0.2, 0.25) is 5.91 Å². The van der Waals surface area contributed by atoms with Crippen LogP contribution in [0.15, 0.2) is 0 Å². The molecular formula is C21H36N6O. The van der Waals surface area contributed by atoms with Crippen LogP contribution in [0.25, 0.3) is 0 Å². The number of hydrogen-bond acceptors (Lipinski definition) is 5. The van der Waals surface area contributed by atoms with Gasteiger partial charge in [-0.1, -0.05) is 33.1 Å². The average molecular weight is 389 g/mol. The highest BCUT2D eigenvalue weighted by molar-refractivity contribution is 5.86. The first-order chi connectivity index (χ1) is 13.6. The predicted octanol–water partition coefficient (Wildman–Crippen LogP) is 2.04. The van der Waals surface area contributed by atoms with Gasteiger partial charge in [-0.2, -0.15) is 0 Å². The number of fused-ring (bicyclic) bond motifs is 1. The van der Waals surface area contributed by atoms with E-state index in [2.05, 4.69) is 44.1 Å². The van der Waals surface area contributed by atoms with Gasteiger partial charge in [0.25, 0.3) is 0 Å². The van der Waals surface area contributed by atoms with Gasteiger partial charge in [0.15, 0.2) is 5.82 Å². The van der Waals surface area contributed by atoms with Crippen LogP contribution >= 0.6 is 0 Å². The molecule has 2 fully saturated rings. The third kappa shape index (κ3) is 3.71. The highest BCUT2D eigenvalue weighted by atomic mass is 16.2. The summed E-state index contributed by atoms with van der Waals surface area (Å²) in [6.45, 7) is 9.20. The fraction of sp³-hybridized carbons (Fsp3) is 0.857. The Morgan fingerprint density at radius 3 is 2.50 bits per heavy atom. The van der Waals surface area contributed by atoms with Gasteiger partial charge < -0.3 is 15.2 Å². The van der Waals surface area contributed by atoms with Crippen molar-refractivity contribution in [2.45, 2.75) is 83.3 Å². The molecular weight excluding hydrogens is 352 g/mol. The van der Waals surface area contributed by atoms with E-state index in [1.54, 1.807) is 0 Å². The highest BCUT2D eigenvalue weighted by Crippen LogP contribution is 2.37. The Morgan fingerprint density at radius 1 is 1.04 bits per heavy atom. The van der Waals surface area contributed by atoms with Crippen LogP contribution in [0.1, 0.15) is 76.5 Å².